The maximum atomic E-state index is 13.5. The summed E-state index contributed by atoms with van der Waals surface area (Å²) in [5.74, 6) is -0.450. The lowest BCUT2D eigenvalue weighted by Gasteiger charge is -2.33. The zero-order valence-corrected chi connectivity index (χ0v) is 20.2. The summed E-state index contributed by atoms with van der Waals surface area (Å²) in [6.07, 6.45) is -1.78. The molecule has 2 aliphatic heterocycles. The molecule has 0 bridgehead atoms. The first kappa shape index (κ1) is 24.8. The minimum atomic E-state index is -4.55. The van der Waals surface area contributed by atoms with Crippen LogP contribution in [0.25, 0.3) is 17.0 Å². The van der Waals surface area contributed by atoms with Crippen LogP contribution in [0.5, 0.6) is 0 Å². The Bertz CT molecular complexity index is 1390. The normalized spacial score (nSPS) is 22.2. The van der Waals surface area contributed by atoms with Crippen molar-refractivity contribution in [3.05, 3.63) is 69.2 Å². The molecule has 0 spiro atoms. The third-order valence-corrected chi connectivity index (χ3v) is 7.35. The lowest BCUT2D eigenvalue weighted by molar-refractivity contribution is -0.138. The van der Waals surface area contributed by atoms with Gasteiger partial charge in [-0.3, -0.25) is 19.2 Å². The number of rotatable bonds is 4. The van der Waals surface area contributed by atoms with Crippen molar-refractivity contribution in [1.82, 2.24) is 20.0 Å². The van der Waals surface area contributed by atoms with E-state index >= 15 is 0 Å². The van der Waals surface area contributed by atoms with Crippen LogP contribution in [0, 0.1) is 0 Å². The van der Waals surface area contributed by atoms with Crippen LogP contribution < -0.4 is 5.32 Å². The summed E-state index contributed by atoms with van der Waals surface area (Å²) >= 11 is 6.59. The average Bonchev–Trinajstić information content (AvgIpc) is 3.34. The van der Waals surface area contributed by atoms with E-state index in [9.17, 15) is 27.9 Å². The quantitative estimate of drug-likeness (QED) is 0.477. The van der Waals surface area contributed by atoms with Crippen LogP contribution in [-0.2, 0) is 17.5 Å². The lowest BCUT2D eigenvalue weighted by atomic mass is 10.0. The number of β-amino-alcohol motifs (C(OH)–C–C–N with tert-alkyl or cyclic N) is 1. The van der Waals surface area contributed by atoms with Gasteiger partial charge in [-0.2, -0.15) is 18.3 Å². The van der Waals surface area contributed by atoms with Crippen LogP contribution in [-0.4, -0.2) is 56.2 Å². The number of aliphatic hydroxyl groups is 1. The van der Waals surface area contributed by atoms with Crippen LogP contribution in [0.3, 0.4) is 0 Å². The Balaban J connectivity index is 1.40. The zero-order valence-electron chi connectivity index (χ0n) is 18.6. The van der Waals surface area contributed by atoms with Crippen molar-refractivity contribution in [2.75, 3.05) is 13.1 Å². The predicted molar refractivity (Wildman–Crippen MR) is 130 cm³/mol. The standard InChI is InChI=1S/C24H20ClF3N4O3S/c25-16-3-2-14(17(9-16)24(26,27)28)12-31-18-4-1-13(7-15(18)10-30-31)8-21-22(34)32(23(35)36-21)19-5-6-29-11-20(19)33/h1-4,7-10,19-20,29,33H,5-6,11-12H2/b21-8-/t19-,20-/m0/s1. The summed E-state index contributed by atoms with van der Waals surface area (Å²) in [5.41, 5.74) is 0.474. The molecule has 3 aromatic rings. The molecule has 0 aliphatic carbocycles. The molecular formula is C24H20ClF3N4O3S. The summed E-state index contributed by atoms with van der Waals surface area (Å²) in [6, 6.07) is 8.24. The average molecular weight is 537 g/mol. The summed E-state index contributed by atoms with van der Waals surface area (Å²) < 4.78 is 41.9. The Hall–Kier alpha value is -2.86. The Labute approximate surface area is 212 Å². The number of nitrogens with zero attached hydrogens (tertiary/aromatic N) is 3. The topological polar surface area (TPSA) is 87.5 Å². The number of piperidine rings is 1. The number of benzene rings is 2. The highest BCUT2D eigenvalue weighted by molar-refractivity contribution is 8.18. The molecule has 2 atom stereocenters. The van der Waals surface area contributed by atoms with E-state index < -0.39 is 35.0 Å². The van der Waals surface area contributed by atoms with Gasteiger partial charge in [0.05, 0.1) is 40.9 Å². The number of thioether (sulfide) groups is 1. The van der Waals surface area contributed by atoms with Crippen molar-refractivity contribution < 1.29 is 27.9 Å². The summed E-state index contributed by atoms with van der Waals surface area (Å²) in [6.45, 7) is 0.808. The molecule has 0 unspecified atom stereocenters. The molecular weight excluding hydrogens is 517 g/mol. The van der Waals surface area contributed by atoms with Crippen LogP contribution in [0.1, 0.15) is 23.1 Å². The molecule has 2 fully saturated rings. The van der Waals surface area contributed by atoms with Crippen molar-refractivity contribution >= 4 is 51.5 Å². The molecule has 2 saturated heterocycles. The molecule has 0 saturated carbocycles. The summed E-state index contributed by atoms with van der Waals surface area (Å²) in [7, 11) is 0. The molecule has 1 aromatic heterocycles. The fourth-order valence-corrected chi connectivity index (χ4v) is 5.54. The van der Waals surface area contributed by atoms with E-state index in [1.807, 2.05) is 0 Å². The van der Waals surface area contributed by atoms with E-state index in [1.54, 1.807) is 24.3 Å². The van der Waals surface area contributed by atoms with Crippen molar-refractivity contribution in [2.24, 2.45) is 0 Å². The van der Waals surface area contributed by atoms with Gasteiger partial charge < -0.3 is 10.4 Å². The molecule has 2 amide bonds. The van der Waals surface area contributed by atoms with E-state index in [1.165, 1.54) is 23.0 Å². The summed E-state index contributed by atoms with van der Waals surface area (Å²) in [5, 5.41) is 17.7. The fraction of sp³-hybridized carbons (Fsp3) is 0.292. The second kappa shape index (κ2) is 9.55. The molecule has 2 aromatic carbocycles. The minimum absolute atomic E-state index is 0.000108. The number of aromatic nitrogens is 2. The molecule has 5 rings (SSSR count). The monoisotopic (exact) mass is 536 g/mol. The molecule has 188 valence electrons. The van der Waals surface area contributed by atoms with Crippen LogP contribution in [0.2, 0.25) is 5.02 Å². The first-order valence-corrected chi connectivity index (χ1v) is 12.3. The smallest absolute Gasteiger partial charge is 0.390 e. The predicted octanol–water partition coefficient (Wildman–Crippen LogP) is 4.52. The molecule has 12 heteroatoms. The second-order valence-corrected chi connectivity index (χ2v) is 10.0. The molecule has 7 nitrogen and oxygen atoms in total. The minimum Gasteiger partial charge on any atom is -0.390 e. The van der Waals surface area contributed by atoms with E-state index in [0.717, 1.165) is 22.7 Å². The highest BCUT2D eigenvalue weighted by Gasteiger charge is 2.43. The van der Waals surface area contributed by atoms with Gasteiger partial charge in [0.15, 0.2) is 0 Å². The number of carbonyl (C=O) groups is 2. The Morgan fingerprint density at radius 2 is 2.03 bits per heavy atom. The Kier molecular flexibility index (Phi) is 6.58. The molecule has 3 heterocycles. The van der Waals surface area contributed by atoms with Gasteiger partial charge in [0.25, 0.3) is 11.1 Å². The van der Waals surface area contributed by atoms with E-state index in [0.29, 0.717) is 36.0 Å². The molecule has 2 N–H and O–H groups in total. The van der Waals surface area contributed by atoms with Crippen molar-refractivity contribution in [2.45, 2.75) is 31.3 Å². The van der Waals surface area contributed by atoms with Gasteiger partial charge in [-0.1, -0.05) is 23.7 Å². The summed E-state index contributed by atoms with van der Waals surface area (Å²) in [4.78, 5) is 26.8. The lowest BCUT2D eigenvalue weighted by Crippen LogP contribution is -2.54. The number of carbonyl (C=O) groups excluding carboxylic acids is 2. The highest BCUT2D eigenvalue weighted by Crippen LogP contribution is 2.36. The van der Waals surface area contributed by atoms with Gasteiger partial charge in [-0.15, -0.1) is 0 Å². The second-order valence-electron chi connectivity index (χ2n) is 8.60. The third kappa shape index (κ3) is 4.75. The van der Waals surface area contributed by atoms with Crippen LogP contribution in [0.15, 0.2) is 47.5 Å². The number of imide groups is 1. The highest BCUT2D eigenvalue weighted by atomic mass is 35.5. The maximum Gasteiger partial charge on any atom is 0.416 e. The Morgan fingerprint density at radius 1 is 1.22 bits per heavy atom. The number of alkyl halides is 3. The number of nitrogens with one attached hydrogen (secondary N) is 1. The first-order valence-electron chi connectivity index (χ1n) is 11.1. The van der Waals surface area contributed by atoms with Crippen molar-refractivity contribution in [3.8, 4) is 0 Å². The largest absolute Gasteiger partial charge is 0.416 e. The van der Waals surface area contributed by atoms with Gasteiger partial charge in [-0.05, 0) is 66.2 Å². The Morgan fingerprint density at radius 3 is 2.78 bits per heavy atom. The fourth-order valence-electron chi connectivity index (χ4n) is 4.48. The van der Waals surface area contributed by atoms with Gasteiger partial charge in [0, 0.05) is 17.0 Å². The van der Waals surface area contributed by atoms with Crippen LogP contribution in [0.4, 0.5) is 18.0 Å². The number of hydrogen-bond acceptors (Lipinski definition) is 6. The zero-order chi connectivity index (χ0) is 25.6. The van der Waals surface area contributed by atoms with Crippen LogP contribution >= 0.6 is 23.4 Å². The number of halogens is 4. The van der Waals surface area contributed by atoms with Gasteiger partial charge >= 0.3 is 6.18 Å². The number of fused-ring (bicyclic) bond motifs is 1. The number of hydrogen-bond donors (Lipinski definition) is 2. The van der Waals surface area contributed by atoms with Crippen molar-refractivity contribution in [3.63, 3.8) is 0 Å². The van der Waals surface area contributed by atoms with Gasteiger partial charge in [-0.25, -0.2) is 0 Å². The third-order valence-electron chi connectivity index (χ3n) is 6.23. The first-order chi connectivity index (χ1) is 17.1. The number of amides is 2. The van der Waals surface area contributed by atoms with Crippen molar-refractivity contribution in [1.29, 1.82) is 0 Å². The maximum absolute atomic E-state index is 13.5. The SMILES string of the molecule is O=C1S/C(=C\c2ccc3c(cnn3Cc3ccc(Cl)cc3C(F)(F)F)c2)C(=O)N1[C@H]1CCNC[C@@H]1O. The molecule has 36 heavy (non-hydrogen) atoms. The van der Waals surface area contributed by atoms with Gasteiger partial charge in [0.2, 0.25) is 0 Å². The molecule has 2 aliphatic rings. The van der Waals surface area contributed by atoms with E-state index in [-0.39, 0.29) is 22.0 Å². The van der Waals surface area contributed by atoms with Gasteiger partial charge in [0.1, 0.15) is 0 Å². The molecule has 0 radical (unpaired) electrons. The number of aliphatic hydroxyl groups excluding tert-OH is 1. The van der Waals surface area contributed by atoms with E-state index in [2.05, 4.69) is 10.4 Å². The van der Waals surface area contributed by atoms with E-state index in [4.69, 9.17) is 11.6 Å².